The number of carbonyl (C=O) groups is 2. The van der Waals surface area contributed by atoms with Crippen LogP contribution < -0.4 is 10.9 Å². The first-order valence-electron chi connectivity index (χ1n) is 8.18. The smallest absolute Gasteiger partial charge is 0.326 e. The minimum atomic E-state index is -1.05. The highest BCUT2D eigenvalue weighted by molar-refractivity contribution is 5.87. The number of aliphatic carboxylic acids is 1. The van der Waals surface area contributed by atoms with Crippen molar-refractivity contribution in [1.29, 1.82) is 0 Å². The maximum absolute atomic E-state index is 12.3. The molecule has 136 valence electrons. The number of aromatic amines is 1. The number of hydrogen-bond acceptors (Lipinski definition) is 4. The maximum atomic E-state index is 12.3. The lowest BCUT2D eigenvalue weighted by Crippen LogP contribution is -2.42. The number of H-pyrrole nitrogens is 1. The largest absolute Gasteiger partial charge is 0.480 e. The highest BCUT2D eigenvalue weighted by Crippen LogP contribution is 2.20. The molecule has 0 radical (unpaired) electrons. The number of rotatable bonds is 6. The molecule has 1 amide bonds. The number of pyridine rings is 1. The van der Waals surface area contributed by atoms with Crippen molar-refractivity contribution >= 4 is 22.9 Å². The molecule has 25 heavy (non-hydrogen) atoms. The van der Waals surface area contributed by atoms with E-state index in [1.165, 1.54) is 0 Å². The van der Waals surface area contributed by atoms with Crippen molar-refractivity contribution < 1.29 is 14.7 Å². The average molecular weight is 348 g/mol. The molecule has 8 nitrogen and oxygen atoms in total. The molecule has 0 saturated heterocycles. The summed E-state index contributed by atoms with van der Waals surface area (Å²) in [6.45, 7) is 7.35. The Hall–Kier alpha value is -2.64. The van der Waals surface area contributed by atoms with Gasteiger partial charge in [0.1, 0.15) is 6.04 Å². The van der Waals surface area contributed by atoms with Crippen LogP contribution in [0.3, 0.4) is 0 Å². The highest BCUT2D eigenvalue weighted by atomic mass is 16.4. The van der Waals surface area contributed by atoms with Gasteiger partial charge in [0.15, 0.2) is 5.65 Å². The van der Waals surface area contributed by atoms with Gasteiger partial charge in [-0.2, -0.15) is 0 Å². The third-order valence-corrected chi connectivity index (χ3v) is 4.25. The topological polar surface area (TPSA) is 117 Å². The SMILES string of the molecule is Cc1nc2c(c(C)c1CC(=O)N[C@H](CC(C)C)C(=O)O)c(=O)[nH]n2C. The van der Waals surface area contributed by atoms with Crippen molar-refractivity contribution in [2.45, 2.75) is 46.6 Å². The summed E-state index contributed by atoms with van der Waals surface area (Å²) in [6.07, 6.45) is 0.339. The zero-order chi connectivity index (χ0) is 18.9. The second-order valence-corrected chi connectivity index (χ2v) is 6.76. The Kier molecular flexibility index (Phi) is 5.30. The van der Waals surface area contributed by atoms with Crippen LogP contribution in [0.2, 0.25) is 0 Å². The summed E-state index contributed by atoms with van der Waals surface area (Å²) < 4.78 is 1.55. The fourth-order valence-electron chi connectivity index (χ4n) is 3.01. The van der Waals surface area contributed by atoms with Crippen LogP contribution >= 0.6 is 0 Å². The molecule has 0 aliphatic carbocycles. The molecule has 0 fully saturated rings. The van der Waals surface area contributed by atoms with Gasteiger partial charge in [-0.25, -0.2) is 9.78 Å². The summed E-state index contributed by atoms with van der Waals surface area (Å²) in [5.41, 5.74) is 2.26. The van der Waals surface area contributed by atoms with E-state index in [0.717, 1.165) is 0 Å². The van der Waals surface area contributed by atoms with Gasteiger partial charge in [-0.15, -0.1) is 0 Å². The molecule has 0 unspecified atom stereocenters. The summed E-state index contributed by atoms with van der Waals surface area (Å²) in [5, 5.41) is 14.9. The van der Waals surface area contributed by atoms with E-state index in [2.05, 4.69) is 15.4 Å². The van der Waals surface area contributed by atoms with E-state index >= 15 is 0 Å². The minimum Gasteiger partial charge on any atom is -0.480 e. The fraction of sp³-hybridized carbons (Fsp3) is 0.529. The molecule has 2 heterocycles. The van der Waals surface area contributed by atoms with Crippen molar-refractivity contribution in [3.8, 4) is 0 Å². The Balaban J connectivity index is 2.30. The molecule has 1 atom stereocenters. The van der Waals surface area contributed by atoms with Crippen LogP contribution in [-0.4, -0.2) is 37.8 Å². The number of carbonyl (C=O) groups excluding carboxylic acids is 1. The van der Waals surface area contributed by atoms with Gasteiger partial charge in [0.2, 0.25) is 5.91 Å². The van der Waals surface area contributed by atoms with Crippen LogP contribution in [0.5, 0.6) is 0 Å². The van der Waals surface area contributed by atoms with E-state index in [4.69, 9.17) is 0 Å². The first-order valence-corrected chi connectivity index (χ1v) is 8.18. The highest BCUT2D eigenvalue weighted by Gasteiger charge is 2.23. The van der Waals surface area contributed by atoms with E-state index in [0.29, 0.717) is 34.3 Å². The van der Waals surface area contributed by atoms with Gasteiger partial charge in [-0.05, 0) is 37.3 Å². The van der Waals surface area contributed by atoms with Crippen molar-refractivity contribution in [3.05, 3.63) is 27.2 Å². The predicted molar refractivity (Wildman–Crippen MR) is 93.5 cm³/mol. The molecule has 0 aromatic carbocycles. The van der Waals surface area contributed by atoms with Crippen LogP contribution in [0.25, 0.3) is 11.0 Å². The molecular formula is C17H24N4O4. The molecule has 3 N–H and O–H groups in total. The number of fused-ring (bicyclic) bond motifs is 1. The monoisotopic (exact) mass is 348 g/mol. The van der Waals surface area contributed by atoms with E-state index in [9.17, 15) is 19.5 Å². The van der Waals surface area contributed by atoms with E-state index in [-0.39, 0.29) is 17.9 Å². The van der Waals surface area contributed by atoms with Crippen LogP contribution in [0.15, 0.2) is 4.79 Å². The van der Waals surface area contributed by atoms with Gasteiger partial charge in [0.25, 0.3) is 5.56 Å². The van der Waals surface area contributed by atoms with Crippen molar-refractivity contribution in [3.63, 3.8) is 0 Å². The summed E-state index contributed by atoms with van der Waals surface area (Å²) in [4.78, 5) is 40.1. The van der Waals surface area contributed by atoms with Gasteiger partial charge >= 0.3 is 5.97 Å². The number of nitrogens with one attached hydrogen (secondary N) is 2. The van der Waals surface area contributed by atoms with Gasteiger partial charge < -0.3 is 10.4 Å². The number of hydrogen-bond donors (Lipinski definition) is 3. The van der Waals surface area contributed by atoms with E-state index in [1.54, 1.807) is 25.6 Å². The zero-order valence-electron chi connectivity index (χ0n) is 15.1. The van der Waals surface area contributed by atoms with Crippen LogP contribution in [0.4, 0.5) is 0 Å². The molecule has 0 bridgehead atoms. The normalized spacial score (nSPS) is 12.6. The Morgan fingerprint density at radius 1 is 1.32 bits per heavy atom. The lowest BCUT2D eigenvalue weighted by molar-refractivity contribution is -0.142. The van der Waals surface area contributed by atoms with Gasteiger partial charge in [-0.3, -0.25) is 19.4 Å². The standard InChI is InChI=1S/C17H24N4O4/c1-8(2)6-12(17(24)25)19-13(22)7-11-9(3)14-15(18-10(11)4)21(5)20-16(14)23/h8,12H,6-7H2,1-5H3,(H,19,22)(H,20,23)(H,24,25)/t12-/m1/s1. The Labute approximate surface area is 145 Å². The minimum absolute atomic E-state index is 0.0170. The number of carboxylic acids is 1. The third kappa shape index (κ3) is 3.89. The molecule has 8 heteroatoms. The van der Waals surface area contributed by atoms with Gasteiger partial charge in [-0.1, -0.05) is 13.8 Å². The quantitative estimate of drug-likeness (QED) is 0.721. The molecule has 2 aromatic rings. The van der Waals surface area contributed by atoms with Crippen molar-refractivity contribution in [2.24, 2.45) is 13.0 Å². The lowest BCUT2D eigenvalue weighted by Gasteiger charge is -2.17. The second kappa shape index (κ2) is 7.08. The number of carboxylic acid groups (broad SMARTS) is 1. The summed E-state index contributed by atoms with van der Waals surface area (Å²) in [5.74, 6) is -1.30. The second-order valence-electron chi connectivity index (χ2n) is 6.76. The Morgan fingerprint density at radius 3 is 2.52 bits per heavy atom. The molecule has 2 aromatic heterocycles. The first kappa shape index (κ1) is 18.7. The van der Waals surface area contributed by atoms with Crippen LogP contribution in [-0.2, 0) is 23.1 Å². The molecule has 2 rings (SSSR count). The van der Waals surface area contributed by atoms with Crippen molar-refractivity contribution in [1.82, 2.24) is 20.1 Å². The summed E-state index contributed by atoms with van der Waals surface area (Å²) in [6, 6.07) is -0.926. The molecule has 0 saturated carbocycles. The Bertz CT molecular complexity index is 879. The number of amides is 1. The fourth-order valence-corrected chi connectivity index (χ4v) is 3.01. The first-order chi connectivity index (χ1) is 11.6. The average Bonchev–Trinajstić information content (AvgIpc) is 2.76. The molecule has 0 spiro atoms. The van der Waals surface area contributed by atoms with Gasteiger partial charge in [0, 0.05) is 12.7 Å². The van der Waals surface area contributed by atoms with Crippen LogP contribution in [0, 0.1) is 19.8 Å². The number of nitrogens with zero attached hydrogens (tertiary/aromatic N) is 2. The zero-order valence-corrected chi connectivity index (χ0v) is 15.1. The molecular weight excluding hydrogens is 324 g/mol. The van der Waals surface area contributed by atoms with Gasteiger partial charge in [0.05, 0.1) is 11.8 Å². The number of aryl methyl sites for hydroxylation is 3. The Morgan fingerprint density at radius 2 is 1.96 bits per heavy atom. The molecule has 0 aliphatic heterocycles. The maximum Gasteiger partial charge on any atom is 0.326 e. The van der Waals surface area contributed by atoms with Crippen molar-refractivity contribution in [2.75, 3.05) is 0 Å². The predicted octanol–water partition coefficient (Wildman–Crippen LogP) is 1.04. The third-order valence-electron chi connectivity index (χ3n) is 4.25. The van der Waals surface area contributed by atoms with E-state index in [1.807, 2.05) is 13.8 Å². The van der Waals surface area contributed by atoms with Crippen LogP contribution in [0.1, 0.15) is 37.1 Å². The molecule has 0 aliphatic rings. The van der Waals surface area contributed by atoms with E-state index < -0.39 is 17.9 Å². The lowest BCUT2D eigenvalue weighted by atomic mass is 10.0. The summed E-state index contributed by atoms with van der Waals surface area (Å²) in [7, 11) is 1.70. The number of aromatic nitrogens is 3. The summed E-state index contributed by atoms with van der Waals surface area (Å²) >= 11 is 0.